The summed E-state index contributed by atoms with van der Waals surface area (Å²) in [5.41, 5.74) is -0.795. The van der Waals surface area contributed by atoms with E-state index >= 15 is 0 Å². The standard InChI is InChI=1S/C26H40F4/c1-3-5-19-7-12-21(13-8-19)22-14-9-20(10-15-22)11-16-24-18-17-23(6-4-2)25(27,28)26(24,29)30/h17-22H,3-16H2,1-2H3. The third-order valence-electron chi connectivity index (χ3n) is 8.17. The van der Waals surface area contributed by atoms with E-state index in [1.165, 1.54) is 63.5 Å². The molecule has 0 aliphatic heterocycles. The topological polar surface area (TPSA) is 0 Å². The van der Waals surface area contributed by atoms with Crippen molar-refractivity contribution in [2.45, 2.75) is 116 Å². The lowest BCUT2D eigenvalue weighted by atomic mass is 9.68. The average Bonchev–Trinajstić information content (AvgIpc) is 2.73. The van der Waals surface area contributed by atoms with Crippen molar-refractivity contribution >= 4 is 0 Å². The van der Waals surface area contributed by atoms with Crippen molar-refractivity contribution in [3.05, 3.63) is 23.3 Å². The van der Waals surface area contributed by atoms with Crippen LogP contribution in [0.25, 0.3) is 0 Å². The van der Waals surface area contributed by atoms with E-state index in [0.717, 1.165) is 30.6 Å². The third-order valence-corrected chi connectivity index (χ3v) is 8.17. The molecule has 0 spiro atoms. The number of rotatable bonds is 8. The summed E-state index contributed by atoms with van der Waals surface area (Å²) in [4.78, 5) is 0. The molecule has 0 unspecified atom stereocenters. The predicted octanol–water partition coefficient (Wildman–Crippen LogP) is 9.12. The summed E-state index contributed by atoms with van der Waals surface area (Å²) in [6.07, 6.45) is 16.4. The molecule has 0 atom stereocenters. The van der Waals surface area contributed by atoms with Crippen LogP contribution in [0, 0.1) is 23.7 Å². The number of hydrogen-bond donors (Lipinski definition) is 0. The predicted molar refractivity (Wildman–Crippen MR) is 116 cm³/mol. The molecular weight excluding hydrogens is 388 g/mol. The molecular formula is C26H40F4. The van der Waals surface area contributed by atoms with Crippen molar-refractivity contribution in [1.29, 1.82) is 0 Å². The van der Waals surface area contributed by atoms with E-state index in [1.54, 1.807) is 6.92 Å². The van der Waals surface area contributed by atoms with Gasteiger partial charge in [0.25, 0.3) is 0 Å². The second-order valence-corrected chi connectivity index (χ2v) is 10.2. The van der Waals surface area contributed by atoms with Gasteiger partial charge in [0, 0.05) is 11.1 Å². The minimum absolute atomic E-state index is 0.0245. The summed E-state index contributed by atoms with van der Waals surface area (Å²) in [6.45, 7) is 4.01. The summed E-state index contributed by atoms with van der Waals surface area (Å²) < 4.78 is 57.7. The van der Waals surface area contributed by atoms with E-state index in [2.05, 4.69) is 6.92 Å². The Balaban J connectivity index is 1.47. The quantitative estimate of drug-likeness (QED) is 0.338. The molecule has 4 heteroatoms. The van der Waals surface area contributed by atoms with Crippen LogP contribution in [0.1, 0.15) is 104 Å². The summed E-state index contributed by atoms with van der Waals surface area (Å²) in [5.74, 6) is -5.10. The SMILES string of the molecule is CCCC1=CC=C(CCC2CCC(C3CCC(CCC)CC3)CC2)C(F)(F)C1(F)F. The molecule has 172 valence electrons. The zero-order valence-corrected chi connectivity index (χ0v) is 18.9. The molecule has 0 radical (unpaired) electrons. The molecule has 30 heavy (non-hydrogen) atoms. The van der Waals surface area contributed by atoms with E-state index in [9.17, 15) is 17.6 Å². The number of halogens is 4. The third kappa shape index (κ3) is 5.15. The first-order valence-electron chi connectivity index (χ1n) is 12.5. The van der Waals surface area contributed by atoms with Crippen LogP contribution in [0.15, 0.2) is 23.3 Å². The maximum Gasteiger partial charge on any atom is 0.335 e. The molecule has 2 fully saturated rings. The summed E-state index contributed by atoms with van der Waals surface area (Å²) in [6, 6.07) is 0. The molecule has 3 rings (SSSR count). The lowest BCUT2D eigenvalue weighted by molar-refractivity contribution is -0.166. The van der Waals surface area contributed by atoms with Gasteiger partial charge in [0.1, 0.15) is 0 Å². The van der Waals surface area contributed by atoms with Crippen molar-refractivity contribution in [3.63, 3.8) is 0 Å². The van der Waals surface area contributed by atoms with Crippen molar-refractivity contribution in [2.24, 2.45) is 23.7 Å². The maximum absolute atomic E-state index is 14.5. The highest BCUT2D eigenvalue weighted by molar-refractivity contribution is 5.37. The largest absolute Gasteiger partial charge is 0.335 e. The van der Waals surface area contributed by atoms with Crippen LogP contribution in [0.2, 0.25) is 0 Å². The van der Waals surface area contributed by atoms with Crippen LogP contribution < -0.4 is 0 Å². The Morgan fingerprint density at radius 1 is 0.633 bits per heavy atom. The van der Waals surface area contributed by atoms with Crippen LogP contribution in [0.5, 0.6) is 0 Å². The van der Waals surface area contributed by atoms with Gasteiger partial charge in [0.15, 0.2) is 0 Å². The summed E-state index contributed by atoms with van der Waals surface area (Å²) in [7, 11) is 0. The first-order valence-corrected chi connectivity index (χ1v) is 12.5. The van der Waals surface area contributed by atoms with E-state index in [-0.39, 0.29) is 18.4 Å². The van der Waals surface area contributed by atoms with Gasteiger partial charge < -0.3 is 0 Å². The van der Waals surface area contributed by atoms with Gasteiger partial charge >= 0.3 is 11.8 Å². The second kappa shape index (κ2) is 10.2. The Hall–Kier alpha value is -0.800. The van der Waals surface area contributed by atoms with Crippen molar-refractivity contribution in [1.82, 2.24) is 0 Å². The molecule has 3 aliphatic rings. The molecule has 0 bridgehead atoms. The highest BCUT2D eigenvalue weighted by Gasteiger charge is 2.61. The molecule has 0 amide bonds. The minimum atomic E-state index is -4.04. The van der Waals surface area contributed by atoms with Crippen LogP contribution >= 0.6 is 0 Å². The monoisotopic (exact) mass is 428 g/mol. The van der Waals surface area contributed by atoms with Crippen LogP contribution in [0.4, 0.5) is 17.6 Å². The number of allylic oxidation sites excluding steroid dienone is 4. The van der Waals surface area contributed by atoms with Crippen LogP contribution in [-0.2, 0) is 0 Å². The van der Waals surface area contributed by atoms with E-state index in [0.29, 0.717) is 18.8 Å². The van der Waals surface area contributed by atoms with Gasteiger partial charge in [-0.1, -0.05) is 70.9 Å². The molecule has 0 nitrogen and oxygen atoms in total. The highest BCUT2D eigenvalue weighted by Crippen LogP contribution is 2.50. The summed E-state index contributed by atoms with van der Waals surface area (Å²) >= 11 is 0. The van der Waals surface area contributed by atoms with Gasteiger partial charge in [0.2, 0.25) is 0 Å². The van der Waals surface area contributed by atoms with Crippen LogP contribution in [-0.4, -0.2) is 11.8 Å². The van der Waals surface area contributed by atoms with Crippen molar-refractivity contribution in [3.8, 4) is 0 Å². The highest BCUT2D eigenvalue weighted by atomic mass is 19.3. The Morgan fingerprint density at radius 2 is 1.07 bits per heavy atom. The Morgan fingerprint density at radius 3 is 1.50 bits per heavy atom. The summed E-state index contributed by atoms with van der Waals surface area (Å²) in [5, 5.41) is 0. The maximum atomic E-state index is 14.5. The molecule has 3 aliphatic carbocycles. The fourth-order valence-electron chi connectivity index (χ4n) is 6.23. The molecule has 0 N–H and O–H groups in total. The average molecular weight is 429 g/mol. The molecule has 0 aromatic carbocycles. The van der Waals surface area contributed by atoms with Crippen molar-refractivity contribution < 1.29 is 17.6 Å². The minimum Gasteiger partial charge on any atom is -0.194 e. The van der Waals surface area contributed by atoms with Crippen molar-refractivity contribution in [2.75, 3.05) is 0 Å². The smallest absolute Gasteiger partial charge is 0.194 e. The molecule has 0 aromatic rings. The fraction of sp³-hybridized carbons (Fsp3) is 0.846. The molecule has 0 aromatic heterocycles. The fourth-order valence-corrected chi connectivity index (χ4v) is 6.23. The first kappa shape index (κ1) is 23.9. The van der Waals surface area contributed by atoms with Gasteiger partial charge in [-0.2, -0.15) is 17.6 Å². The second-order valence-electron chi connectivity index (χ2n) is 10.2. The van der Waals surface area contributed by atoms with E-state index < -0.39 is 17.4 Å². The van der Waals surface area contributed by atoms with Crippen LogP contribution in [0.3, 0.4) is 0 Å². The first-order chi connectivity index (χ1) is 14.3. The number of hydrogen-bond acceptors (Lipinski definition) is 0. The number of alkyl halides is 4. The van der Waals surface area contributed by atoms with Gasteiger partial charge in [-0.15, -0.1) is 0 Å². The molecule has 0 heterocycles. The lowest BCUT2D eigenvalue weighted by Gasteiger charge is -2.38. The van der Waals surface area contributed by atoms with Gasteiger partial charge in [-0.3, -0.25) is 0 Å². The van der Waals surface area contributed by atoms with Gasteiger partial charge in [-0.25, -0.2) is 0 Å². The van der Waals surface area contributed by atoms with Gasteiger partial charge in [-0.05, 0) is 68.6 Å². The zero-order valence-electron chi connectivity index (χ0n) is 18.9. The Labute approximate surface area is 180 Å². The van der Waals surface area contributed by atoms with Gasteiger partial charge in [0.05, 0.1) is 0 Å². The van der Waals surface area contributed by atoms with E-state index in [4.69, 9.17) is 0 Å². The molecule has 0 saturated heterocycles. The lowest BCUT2D eigenvalue weighted by Crippen LogP contribution is -2.45. The zero-order chi connectivity index (χ0) is 21.8. The Bertz CT molecular complexity index is 603. The normalized spacial score (nSPS) is 33.7. The molecule has 2 saturated carbocycles. The van der Waals surface area contributed by atoms with E-state index in [1.807, 2.05) is 0 Å². The Kier molecular flexibility index (Phi) is 8.12.